The summed E-state index contributed by atoms with van der Waals surface area (Å²) < 4.78 is 1.75. The zero-order valence-electron chi connectivity index (χ0n) is 16.0. The number of hydrogen-bond donors (Lipinski definition) is 3. The number of aliphatic hydroxyl groups excluding tert-OH is 1. The first-order valence-corrected chi connectivity index (χ1v) is 9.78. The third-order valence-corrected chi connectivity index (χ3v) is 5.29. The lowest BCUT2D eigenvalue weighted by atomic mass is 10.1. The van der Waals surface area contributed by atoms with E-state index in [4.69, 9.17) is 9.97 Å². The molecule has 2 aromatic carbocycles. The molecule has 0 aliphatic carbocycles. The quantitative estimate of drug-likeness (QED) is 0.489. The molecule has 0 fully saturated rings. The van der Waals surface area contributed by atoms with Crippen LogP contribution in [0.25, 0.3) is 16.9 Å². The highest BCUT2D eigenvalue weighted by Gasteiger charge is 2.19. The molecule has 0 saturated carbocycles. The molecule has 0 unspecified atom stereocenters. The highest BCUT2D eigenvalue weighted by molar-refractivity contribution is 5.83. The van der Waals surface area contributed by atoms with Crippen molar-refractivity contribution in [1.82, 2.24) is 25.1 Å². The lowest BCUT2D eigenvalue weighted by Gasteiger charge is -2.20. The summed E-state index contributed by atoms with van der Waals surface area (Å²) in [7, 11) is 0. The van der Waals surface area contributed by atoms with E-state index in [1.54, 1.807) is 10.9 Å². The first-order valence-electron chi connectivity index (χ1n) is 9.78. The van der Waals surface area contributed by atoms with E-state index in [0.29, 0.717) is 19.0 Å². The van der Waals surface area contributed by atoms with E-state index in [1.807, 2.05) is 36.4 Å². The second-order valence-corrected chi connectivity index (χ2v) is 7.13. The zero-order valence-corrected chi connectivity index (χ0v) is 16.0. The second kappa shape index (κ2) is 7.62. The first-order chi connectivity index (χ1) is 14.3. The Kier molecular flexibility index (Phi) is 4.67. The first kappa shape index (κ1) is 17.8. The van der Waals surface area contributed by atoms with E-state index in [-0.39, 0.29) is 6.61 Å². The standard InChI is InChI=1S/C22H22N6O/c29-14-16-7-4-8-20-18(16)12-25-28(20)22-26-19-13-23-10-9-17(19)21(27-22)24-11-15-5-2-1-3-6-15/h1-8,12,23,29H,9-11,13-14H2,(H,24,26,27). The molecule has 1 aliphatic rings. The van der Waals surface area contributed by atoms with Gasteiger partial charge in [-0.3, -0.25) is 0 Å². The fourth-order valence-corrected chi connectivity index (χ4v) is 3.78. The Labute approximate surface area is 168 Å². The summed E-state index contributed by atoms with van der Waals surface area (Å²) in [6, 6.07) is 16.1. The number of aromatic nitrogens is 4. The van der Waals surface area contributed by atoms with Gasteiger partial charge in [-0.25, -0.2) is 4.98 Å². The Balaban J connectivity index is 1.57. The highest BCUT2D eigenvalue weighted by Crippen LogP contribution is 2.25. The molecule has 0 saturated heterocycles. The van der Waals surface area contributed by atoms with Crippen molar-refractivity contribution in [3.05, 3.63) is 77.1 Å². The minimum Gasteiger partial charge on any atom is -0.392 e. The van der Waals surface area contributed by atoms with Crippen LogP contribution in [0.15, 0.2) is 54.7 Å². The fraction of sp³-hybridized carbons (Fsp3) is 0.227. The van der Waals surface area contributed by atoms with Crippen LogP contribution in [0.4, 0.5) is 5.82 Å². The summed E-state index contributed by atoms with van der Waals surface area (Å²) in [6.07, 6.45) is 2.65. The van der Waals surface area contributed by atoms with E-state index in [9.17, 15) is 5.11 Å². The number of fused-ring (bicyclic) bond motifs is 2. The second-order valence-electron chi connectivity index (χ2n) is 7.13. The highest BCUT2D eigenvalue weighted by atomic mass is 16.3. The van der Waals surface area contributed by atoms with E-state index >= 15 is 0 Å². The molecule has 0 atom stereocenters. The largest absolute Gasteiger partial charge is 0.392 e. The molecule has 3 heterocycles. The monoisotopic (exact) mass is 386 g/mol. The molecule has 7 nitrogen and oxygen atoms in total. The summed E-state index contributed by atoms with van der Waals surface area (Å²) in [5.74, 6) is 1.39. The fourth-order valence-electron chi connectivity index (χ4n) is 3.78. The van der Waals surface area contributed by atoms with Crippen LogP contribution in [0.3, 0.4) is 0 Å². The Morgan fingerprint density at radius 1 is 1.07 bits per heavy atom. The van der Waals surface area contributed by atoms with Gasteiger partial charge in [0.15, 0.2) is 0 Å². The van der Waals surface area contributed by atoms with Gasteiger partial charge in [0, 0.05) is 24.0 Å². The Morgan fingerprint density at radius 3 is 2.83 bits per heavy atom. The van der Waals surface area contributed by atoms with Gasteiger partial charge in [-0.05, 0) is 30.2 Å². The van der Waals surface area contributed by atoms with Crippen molar-refractivity contribution < 1.29 is 5.11 Å². The molecule has 0 radical (unpaired) electrons. The van der Waals surface area contributed by atoms with Gasteiger partial charge in [0.05, 0.1) is 24.0 Å². The number of nitrogens with zero attached hydrogens (tertiary/aromatic N) is 4. The topological polar surface area (TPSA) is 87.9 Å². The van der Waals surface area contributed by atoms with Crippen molar-refractivity contribution in [2.24, 2.45) is 0 Å². The van der Waals surface area contributed by atoms with Gasteiger partial charge in [-0.15, -0.1) is 0 Å². The maximum Gasteiger partial charge on any atom is 0.253 e. The van der Waals surface area contributed by atoms with Crippen LogP contribution >= 0.6 is 0 Å². The SMILES string of the molecule is OCc1cccc2c1cnn2-c1nc2c(c(NCc3ccccc3)n1)CCNC2. The van der Waals surface area contributed by atoms with Crippen LogP contribution in [0.2, 0.25) is 0 Å². The van der Waals surface area contributed by atoms with E-state index in [2.05, 4.69) is 27.9 Å². The molecule has 7 heteroatoms. The van der Waals surface area contributed by atoms with Crippen LogP contribution in [-0.4, -0.2) is 31.4 Å². The van der Waals surface area contributed by atoms with Crippen LogP contribution in [0.1, 0.15) is 22.4 Å². The van der Waals surface area contributed by atoms with Crippen molar-refractivity contribution in [2.75, 3.05) is 11.9 Å². The van der Waals surface area contributed by atoms with Crippen LogP contribution < -0.4 is 10.6 Å². The average molecular weight is 386 g/mol. The lowest BCUT2D eigenvalue weighted by Crippen LogP contribution is -2.27. The van der Waals surface area contributed by atoms with E-state index in [1.165, 1.54) is 5.56 Å². The Bertz CT molecular complexity index is 1150. The summed E-state index contributed by atoms with van der Waals surface area (Å²) in [4.78, 5) is 9.64. The maximum atomic E-state index is 9.61. The molecule has 146 valence electrons. The van der Waals surface area contributed by atoms with Crippen LogP contribution in [0.5, 0.6) is 0 Å². The van der Waals surface area contributed by atoms with Crippen molar-refractivity contribution >= 4 is 16.7 Å². The Hall–Kier alpha value is -3.29. The molecule has 0 spiro atoms. The molecular formula is C22H22N6O. The van der Waals surface area contributed by atoms with Gasteiger partial charge < -0.3 is 15.7 Å². The van der Waals surface area contributed by atoms with E-state index in [0.717, 1.165) is 46.5 Å². The molecule has 4 aromatic rings. The van der Waals surface area contributed by atoms with Gasteiger partial charge >= 0.3 is 0 Å². The third kappa shape index (κ3) is 3.35. The normalized spacial score (nSPS) is 13.4. The van der Waals surface area contributed by atoms with E-state index < -0.39 is 0 Å². The van der Waals surface area contributed by atoms with Crippen molar-refractivity contribution in [2.45, 2.75) is 26.1 Å². The molecule has 0 amide bonds. The summed E-state index contributed by atoms with van der Waals surface area (Å²) >= 11 is 0. The van der Waals surface area contributed by atoms with Gasteiger partial charge in [0.1, 0.15) is 5.82 Å². The molecule has 0 bridgehead atoms. The molecule has 3 N–H and O–H groups in total. The van der Waals surface area contributed by atoms with Gasteiger partial charge in [0.25, 0.3) is 5.95 Å². The summed E-state index contributed by atoms with van der Waals surface area (Å²) in [6.45, 7) is 2.31. The molecule has 1 aliphatic heterocycles. The molecule has 5 rings (SSSR count). The Morgan fingerprint density at radius 2 is 1.97 bits per heavy atom. The predicted octanol–water partition coefficient (Wildman–Crippen LogP) is 2.57. The summed E-state index contributed by atoms with van der Waals surface area (Å²) in [5.41, 5.74) is 5.09. The van der Waals surface area contributed by atoms with Crippen molar-refractivity contribution in [3.63, 3.8) is 0 Å². The number of aliphatic hydroxyl groups is 1. The minimum absolute atomic E-state index is 0.0259. The number of benzene rings is 2. The van der Waals surface area contributed by atoms with Gasteiger partial charge in [0.2, 0.25) is 0 Å². The maximum absolute atomic E-state index is 9.61. The molecule has 2 aromatic heterocycles. The van der Waals surface area contributed by atoms with Gasteiger partial charge in [-0.1, -0.05) is 42.5 Å². The number of nitrogens with one attached hydrogen (secondary N) is 2. The number of rotatable bonds is 5. The summed E-state index contributed by atoms with van der Waals surface area (Å²) in [5, 5.41) is 21.9. The predicted molar refractivity (Wildman–Crippen MR) is 112 cm³/mol. The van der Waals surface area contributed by atoms with Gasteiger partial charge in [-0.2, -0.15) is 14.8 Å². The minimum atomic E-state index is -0.0259. The van der Waals surface area contributed by atoms with Crippen molar-refractivity contribution in [3.8, 4) is 5.95 Å². The third-order valence-electron chi connectivity index (χ3n) is 5.29. The molecular weight excluding hydrogens is 364 g/mol. The smallest absolute Gasteiger partial charge is 0.253 e. The molecule has 29 heavy (non-hydrogen) atoms. The number of anilines is 1. The number of hydrogen-bond acceptors (Lipinski definition) is 6. The van der Waals surface area contributed by atoms with Crippen LogP contribution in [-0.2, 0) is 26.1 Å². The lowest BCUT2D eigenvalue weighted by molar-refractivity contribution is 0.283. The van der Waals surface area contributed by atoms with Crippen LogP contribution in [0, 0.1) is 0 Å². The zero-order chi connectivity index (χ0) is 19.6. The van der Waals surface area contributed by atoms with Crippen molar-refractivity contribution in [1.29, 1.82) is 0 Å². The average Bonchev–Trinajstić information content (AvgIpc) is 3.22.